The number of carbonyl (C=O) groups is 1. The Hall–Kier alpha value is -2.72. The Labute approximate surface area is 148 Å². The van der Waals surface area contributed by atoms with Gasteiger partial charge in [-0.15, -0.1) is 0 Å². The van der Waals surface area contributed by atoms with Crippen molar-refractivity contribution >= 4 is 11.5 Å². The number of aromatic nitrogens is 1. The van der Waals surface area contributed by atoms with Gasteiger partial charge in [0.05, 0.1) is 11.3 Å². The van der Waals surface area contributed by atoms with E-state index in [9.17, 15) is 9.90 Å². The Morgan fingerprint density at radius 1 is 1.36 bits per heavy atom. The van der Waals surface area contributed by atoms with Gasteiger partial charge in [0.25, 0.3) is 0 Å². The highest BCUT2D eigenvalue weighted by Crippen LogP contribution is 2.30. The van der Waals surface area contributed by atoms with Gasteiger partial charge < -0.3 is 5.11 Å². The molecule has 1 aliphatic rings. The van der Waals surface area contributed by atoms with Gasteiger partial charge in [0, 0.05) is 31.4 Å². The maximum atomic E-state index is 11.6. The van der Waals surface area contributed by atoms with E-state index in [0.717, 1.165) is 48.4 Å². The third-order valence-electron chi connectivity index (χ3n) is 4.62. The first kappa shape index (κ1) is 17.1. The minimum atomic E-state index is -0.946. The molecule has 0 saturated carbocycles. The van der Waals surface area contributed by atoms with Crippen molar-refractivity contribution in [3.63, 3.8) is 0 Å². The summed E-state index contributed by atoms with van der Waals surface area (Å²) >= 11 is 0. The molecule has 0 saturated heterocycles. The smallest absolute Gasteiger partial charge is 0.337 e. The maximum absolute atomic E-state index is 11.6. The highest BCUT2D eigenvalue weighted by molar-refractivity contribution is 5.96. The second-order valence-electron chi connectivity index (χ2n) is 6.17. The van der Waals surface area contributed by atoms with E-state index in [1.807, 2.05) is 31.2 Å². The van der Waals surface area contributed by atoms with Crippen molar-refractivity contribution in [2.24, 2.45) is 0 Å². The number of benzene rings is 1. The second-order valence-corrected chi connectivity index (χ2v) is 6.17. The quantitative estimate of drug-likeness (QED) is 0.842. The molecule has 1 aromatic heterocycles. The van der Waals surface area contributed by atoms with Gasteiger partial charge in [-0.1, -0.05) is 49.1 Å². The van der Waals surface area contributed by atoms with Gasteiger partial charge in [0.1, 0.15) is 0 Å². The molecule has 0 radical (unpaired) electrons. The topological polar surface area (TPSA) is 53.4 Å². The zero-order valence-electron chi connectivity index (χ0n) is 14.4. The van der Waals surface area contributed by atoms with Gasteiger partial charge in [0.2, 0.25) is 0 Å². The van der Waals surface area contributed by atoms with Crippen molar-refractivity contribution in [3.05, 3.63) is 83.2 Å². The minimum absolute atomic E-state index is 0.253. The Bertz CT molecular complexity index is 825. The summed E-state index contributed by atoms with van der Waals surface area (Å²) in [6.07, 6.45) is 5.90. The summed E-state index contributed by atoms with van der Waals surface area (Å²) in [6, 6.07) is 10.4. The first-order valence-electron chi connectivity index (χ1n) is 8.43. The SMILES string of the molecule is C=C/C(=C\C)c1c(C(=O)O)cnc2c1CCN(Cc1ccccc1)C2. The lowest BCUT2D eigenvalue weighted by Gasteiger charge is -2.30. The predicted octanol–water partition coefficient (Wildman–Crippen LogP) is 3.93. The van der Waals surface area contributed by atoms with Crippen molar-refractivity contribution < 1.29 is 9.90 Å². The zero-order valence-corrected chi connectivity index (χ0v) is 14.4. The van der Waals surface area contributed by atoms with E-state index in [1.165, 1.54) is 11.8 Å². The number of hydrogen-bond donors (Lipinski definition) is 1. The molecular formula is C21H22N2O2. The van der Waals surface area contributed by atoms with Crippen LogP contribution in [0.1, 0.15) is 39.7 Å². The monoisotopic (exact) mass is 334 g/mol. The average molecular weight is 334 g/mol. The van der Waals surface area contributed by atoms with E-state index in [1.54, 1.807) is 6.08 Å². The van der Waals surface area contributed by atoms with Gasteiger partial charge in [-0.05, 0) is 30.0 Å². The lowest BCUT2D eigenvalue weighted by molar-refractivity contribution is 0.0695. The van der Waals surface area contributed by atoms with E-state index in [-0.39, 0.29) is 5.56 Å². The van der Waals surface area contributed by atoms with Crippen LogP contribution in [-0.2, 0) is 19.5 Å². The van der Waals surface area contributed by atoms with Crippen molar-refractivity contribution in [3.8, 4) is 0 Å². The van der Waals surface area contributed by atoms with Crippen LogP contribution in [0.25, 0.3) is 5.57 Å². The highest BCUT2D eigenvalue weighted by atomic mass is 16.4. The van der Waals surface area contributed by atoms with Crippen LogP contribution >= 0.6 is 0 Å². The van der Waals surface area contributed by atoms with Crippen LogP contribution in [0.5, 0.6) is 0 Å². The van der Waals surface area contributed by atoms with Crippen molar-refractivity contribution in [2.75, 3.05) is 6.54 Å². The van der Waals surface area contributed by atoms with E-state index in [4.69, 9.17) is 0 Å². The number of allylic oxidation sites excluding steroid dienone is 3. The molecule has 0 fully saturated rings. The van der Waals surface area contributed by atoms with Crippen LogP contribution < -0.4 is 0 Å². The predicted molar refractivity (Wildman–Crippen MR) is 99.3 cm³/mol. The van der Waals surface area contributed by atoms with E-state index < -0.39 is 5.97 Å². The Kier molecular flexibility index (Phi) is 5.10. The number of rotatable bonds is 5. The Balaban J connectivity index is 1.95. The molecule has 1 aliphatic heterocycles. The zero-order chi connectivity index (χ0) is 17.8. The number of aromatic carboxylic acids is 1. The summed E-state index contributed by atoms with van der Waals surface area (Å²) in [6.45, 7) is 8.22. The fraction of sp³-hybridized carbons (Fsp3) is 0.238. The average Bonchev–Trinajstić information content (AvgIpc) is 2.63. The van der Waals surface area contributed by atoms with Crippen LogP contribution in [0.3, 0.4) is 0 Å². The summed E-state index contributed by atoms with van der Waals surface area (Å²) in [4.78, 5) is 18.4. The summed E-state index contributed by atoms with van der Waals surface area (Å²) in [5.41, 5.74) is 5.15. The van der Waals surface area contributed by atoms with Crippen LogP contribution in [0, 0.1) is 0 Å². The molecule has 25 heavy (non-hydrogen) atoms. The first-order valence-corrected chi connectivity index (χ1v) is 8.43. The number of pyridine rings is 1. The molecular weight excluding hydrogens is 312 g/mol. The van der Waals surface area contributed by atoms with E-state index in [2.05, 4.69) is 28.6 Å². The number of hydrogen-bond acceptors (Lipinski definition) is 3. The lowest BCUT2D eigenvalue weighted by atomic mass is 9.90. The van der Waals surface area contributed by atoms with Gasteiger partial charge in [-0.2, -0.15) is 0 Å². The number of fused-ring (bicyclic) bond motifs is 1. The first-order chi connectivity index (χ1) is 12.1. The fourth-order valence-electron chi connectivity index (χ4n) is 3.39. The Morgan fingerprint density at radius 3 is 2.76 bits per heavy atom. The summed E-state index contributed by atoms with van der Waals surface area (Å²) < 4.78 is 0. The fourth-order valence-corrected chi connectivity index (χ4v) is 3.39. The second kappa shape index (κ2) is 7.45. The number of carboxylic acids is 1. The molecule has 3 rings (SSSR count). The van der Waals surface area contributed by atoms with Crippen LogP contribution in [-0.4, -0.2) is 27.5 Å². The molecule has 128 valence electrons. The normalized spacial score (nSPS) is 14.8. The largest absolute Gasteiger partial charge is 0.478 e. The third kappa shape index (κ3) is 3.54. The summed E-state index contributed by atoms with van der Waals surface area (Å²) in [5.74, 6) is -0.946. The minimum Gasteiger partial charge on any atom is -0.478 e. The lowest BCUT2D eigenvalue weighted by Crippen LogP contribution is -2.32. The summed E-state index contributed by atoms with van der Waals surface area (Å²) in [7, 11) is 0. The molecule has 0 atom stereocenters. The molecule has 1 aromatic carbocycles. The molecule has 0 spiro atoms. The molecule has 0 aliphatic carbocycles. The molecule has 0 amide bonds. The Morgan fingerprint density at radius 2 is 2.12 bits per heavy atom. The van der Waals surface area contributed by atoms with Crippen molar-refractivity contribution in [1.82, 2.24) is 9.88 Å². The van der Waals surface area contributed by atoms with Gasteiger partial charge >= 0.3 is 5.97 Å². The third-order valence-corrected chi connectivity index (χ3v) is 4.62. The van der Waals surface area contributed by atoms with Crippen LogP contribution in [0.4, 0.5) is 0 Å². The standard InChI is InChI=1S/C21H22N2O2/c1-3-16(4-2)20-17-10-11-23(13-15-8-6-5-7-9-15)14-19(17)22-12-18(20)21(24)25/h3-9,12H,1,10-11,13-14H2,2H3,(H,24,25)/b16-4+. The van der Waals surface area contributed by atoms with E-state index in [0.29, 0.717) is 0 Å². The number of nitrogens with zero attached hydrogens (tertiary/aromatic N) is 2. The summed E-state index contributed by atoms with van der Waals surface area (Å²) in [5, 5.41) is 9.54. The van der Waals surface area contributed by atoms with Crippen molar-refractivity contribution in [2.45, 2.75) is 26.4 Å². The molecule has 2 heterocycles. The van der Waals surface area contributed by atoms with E-state index >= 15 is 0 Å². The van der Waals surface area contributed by atoms with Gasteiger partial charge in [0.15, 0.2) is 0 Å². The van der Waals surface area contributed by atoms with Crippen molar-refractivity contribution in [1.29, 1.82) is 0 Å². The molecule has 4 heteroatoms. The van der Waals surface area contributed by atoms with Crippen LogP contribution in [0.15, 0.2) is 55.3 Å². The van der Waals surface area contributed by atoms with Crippen LogP contribution in [0.2, 0.25) is 0 Å². The maximum Gasteiger partial charge on any atom is 0.337 e. The molecule has 2 aromatic rings. The molecule has 4 nitrogen and oxygen atoms in total. The molecule has 0 bridgehead atoms. The van der Waals surface area contributed by atoms with Gasteiger partial charge in [-0.3, -0.25) is 9.88 Å². The molecule has 0 unspecified atom stereocenters. The highest BCUT2D eigenvalue weighted by Gasteiger charge is 2.25. The van der Waals surface area contributed by atoms with Gasteiger partial charge in [-0.25, -0.2) is 4.79 Å². The number of carboxylic acid groups (broad SMARTS) is 1. The molecule has 1 N–H and O–H groups in total.